The van der Waals surface area contributed by atoms with E-state index in [9.17, 15) is 4.39 Å². The Hall–Kier alpha value is -1.29. The molecular formula is C16H25FN2O. The zero-order chi connectivity index (χ0) is 14.9. The van der Waals surface area contributed by atoms with Crippen LogP contribution in [-0.4, -0.2) is 31.8 Å². The van der Waals surface area contributed by atoms with Crippen molar-refractivity contribution in [1.82, 2.24) is 5.32 Å². The molecule has 0 amide bonds. The van der Waals surface area contributed by atoms with Crippen LogP contribution in [0.1, 0.15) is 27.7 Å². The number of piperazine rings is 1. The molecular weight excluding hydrogens is 255 g/mol. The van der Waals surface area contributed by atoms with Gasteiger partial charge in [0.15, 0.2) is 0 Å². The summed E-state index contributed by atoms with van der Waals surface area (Å²) in [5.74, 6) is 0.957. The van der Waals surface area contributed by atoms with Gasteiger partial charge in [0.25, 0.3) is 0 Å². The lowest BCUT2D eigenvalue weighted by molar-refractivity contribution is 0.275. The molecule has 2 rings (SSSR count). The van der Waals surface area contributed by atoms with E-state index in [2.05, 4.69) is 37.9 Å². The summed E-state index contributed by atoms with van der Waals surface area (Å²) in [5, 5.41) is 3.54. The van der Waals surface area contributed by atoms with E-state index in [4.69, 9.17) is 4.74 Å². The molecule has 112 valence electrons. The number of methoxy groups -OCH3 is 1. The van der Waals surface area contributed by atoms with Gasteiger partial charge in [0.2, 0.25) is 0 Å². The lowest BCUT2D eigenvalue weighted by Gasteiger charge is -2.47. The number of rotatable bonds is 3. The predicted octanol–water partition coefficient (Wildman–Crippen LogP) is 3.05. The highest BCUT2D eigenvalue weighted by atomic mass is 19.1. The summed E-state index contributed by atoms with van der Waals surface area (Å²) in [7, 11) is 1.61. The first-order valence-electron chi connectivity index (χ1n) is 7.19. The molecule has 0 aliphatic carbocycles. The van der Waals surface area contributed by atoms with Gasteiger partial charge in [0.05, 0.1) is 12.8 Å². The van der Waals surface area contributed by atoms with Gasteiger partial charge in [-0.05, 0) is 31.9 Å². The fourth-order valence-corrected chi connectivity index (χ4v) is 2.79. The monoisotopic (exact) mass is 280 g/mol. The SMILES string of the molecule is COc1ccc(F)c(N2CC(C)(C)NCC2C(C)C)c1. The Morgan fingerprint density at radius 1 is 1.40 bits per heavy atom. The minimum Gasteiger partial charge on any atom is -0.497 e. The van der Waals surface area contributed by atoms with Crippen LogP contribution in [0.2, 0.25) is 0 Å². The maximum absolute atomic E-state index is 14.3. The van der Waals surface area contributed by atoms with Crippen LogP contribution in [0.5, 0.6) is 5.75 Å². The number of nitrogens with one attached hydrogen (secondary N) is 1. The third-order valence-electron chi connectivity index (χ3n) is 3.99. The second-order valence-corrected chi connectivity index (χ2v) is 6.52. The van der Waals surface area contributed by atoms with Crippen LogP contribution in [0.25, 0.3) is 0 Å². The Labute approximate surface area is 121 Å². The summed E-state index contributed by atoms with van der Waals surface area (Å²) in [6.45, 7) is 10.3. The van der Waals surface area contributed by atoms with Crippen LogP contribution in [0, 0.1) is 11.7 Å². The van der Waals surface area contributed by atoms with Crippen molar-refractivity contribution in [2.75, 3.05) is 25.1 Å². The van der Waals surface area contributed by atoms with Gasteiger partial charge in [-0.2, -0.15) is 0 Å². The molecule has 1 aromatic carbocycles. The average Bonchev–Trinajstić information content (AvgIpc) is 2.37. The molecule has 0 saturated carbocycles. The topological polar surface area (TPSA) is 24.5 Å². The van der Waals surface area contributed by atoms with Crippen molar-refractivity contribution < 1.29 is 9.13 Å². The zero-order valence-electron chi connectivity index (χ0n) is 13.0. The highest BCUT2D eigenvalue weighted by molar-refractivity contribution is 5.54. The number of hydrogen-bond donors (Lipinski definition) is 1. The average molecular weight is 280 g/mol. The molecule has 4 heteroatoms. The molecule has 3 nitrogen and oxygen atoms in total. The van der Waals surface area contributed by atoms with E-state index in [0.29, 0.717) is 17.4 Å². The highest BCUT2D eigenvalue weighted by Gasteiger charge is 2.35. The fourth-order valence-electron chi connectivity index (χ4n) is 2.79. The van der Waals surface area contributed by atoms with E-state index < -0.39 is 0 Å². The largest absolute Gasteiger partial charge is 0.497 e. The quantitative estimate of drug-likeness (QED) is 0.921. The third kappa shape index (κ3) is 3.06. The summed E-state index contributed by atoms with van der Waals surface area (Å²) in [5.41, 5.74) is 0.610. The minimum atomic E-state index is -0.186. The Bertz CT molecular complexity index is 474. The van der Waals surface area contributed by atoms with Crippen molar-refractivity contribution in [3.05, 3.63) is 24.0 Å². The molecule has 1 saturated heterocycles. The van der Waals surface area contributed by atoms with Crippen LogP contribution < -0.4 is 15.0 Å². The smallest absolute Gasteiger partial charge is 0.146 e. The summed E-state index contributed by atoms with van der Waals surface area (Å²) >= 11 is 0. The lowest BCUT2D eigenvalue weighted by atomic mass is 9.92. The van der Waals surface area contributed by atoms with Gasteiger partial charge in [0, 0.05) is 30.7 Å². The first-order chi connectivity index (χ1) is 9.34. The number of ether oxygens (including phenoxy) is 1. The first-order valence-corrected chi connectivity index (χ1v) is 7.19. The number of benzene rings is 1. The van der Waals surface area contributed by atoms with Gasteiger partial charge in [-0.15, -0.1) is 0 Å². The van der Waals surface area contributed by atoms with Crippen LogP contribution in [0.3, 0.4) is 0 Å². The van der Waals surface area contributed by atoms with E-state index in [1.54, 1.807) is 19.2 Å². The van der Waals surface area contributed by atoms with Crippen LogP contribution in [0.4, 0.5) is 10.1 Å². The molecule has 0 radical (unpaired) electrons. The van der Waals surface area contributed by atoms with Crippen molar-refractivity contribution in [2.24, 2.45) is 5.92 Å². The molecule has 1 aliphatic heterocycles. The number of nitrogens with zero attached hydrogens (tertiary/aromatic N) is 1. The van der Waals surface area contributed by atoms with Crippen molar-refractivity contribution in [1.29, 1.82) is 0 Å². The fraction of sp³-hybridized carbons (Fsp3) is 0.625. The Balaban J connectivity index is 2.39. The summed E-state index contributed by atoms with van der Waals surface area (Å²) in [6.07, 6.45) is 0. The summed E-state index contributed by atoms with van der Waals surface area (Å²) < 4.78 is 19.5. The summed E-state index contributed by atoms with van der Waals surface area (Å²) in [4.78, 5) is 2.18. The van der Waals surface area contributed by atoms with E-state index in [0.717, 1.165) is 13.1 Å². The number of halogens is 1. The van der Waals surface area contributed by atoms with Gasteiger partial charge in [-0.1, -0.05) is 13.8 Å². The van der Waals surface area contributed by atoms with Crippen LogP contribution in [-0.2, 0) is 0 Å². The number of anilines is 1. The molecule has 1 aromatic rings. The Kier molecular flexibility index (Phi) is 4.23. The maximum atomic E-state index is 14.3. The minimum absolute atomic E-state index is 0.0269. The van der Waals surface area contributed by atoms with Crippen molar-refractivity contribution in [2.45, 2.75) is 39.3 Å². The van der Waals surface area contributed by atoms with Gasteiger partial charge in [-0.25, -0.2) is 4.39 Å². The molecule has 20 heavy (non-hydrogen) atoms. The van der Waals surface area contributed by atoms with Crippen molar-refractivity contribution in [3.63, 3.8) is 0 Å². The van der Waals surface area contributed by atoms with Crippen LogP contribution in [0.15, 0.2) is 18.2 Å². The third-order valence-corrected chi connectivity index (χ3v) is 3.99. The summed E-state index contributed by atoms with van der Waals surface area (Å²) in [6, 6.07) is 5.23. The van der Waals surface area contributed by atoms with Crippen molar-refractivity contribution >= 4 is 5.69 Å². The zero-order valence-corrected chi connectivity index (χ0v) is 13.0. The molecule has 0 aromatic heterocycles. The Morgan fingerprint density at radius 2 is 2.10 bits per heavy atom. The number of hydrogen-bond acceptors (Lipinski definition) is 3. The second-order valence-electron chi connectivity index (χ2n) is 6.52. The van der Waals surface area contributed by atoms with Gasteiger partial charge >= 0.3 is 0 Å². The van der Waals surface area contributed by atoms with Gasteiger partial charge < -0.3 is 15.0 Å². The molecule has 0 spiro atoms. The van der Waals surface area contributed by atoms with E-state index >= 15 is 0 Å². The normalized spacial score (nSPS) is 22.1. The second kappa shape index (κ2) is 5.60. The Morgan fingerprint density at radius 3 is 2.70 bits per heavy atom. The maximum Gasteiger partial charge on any atom is 0.146 e. The first kappa shape index (κ1) is 15.1. The molecule has 1 aliphatic rings. The van der Waals surface area contributed by atoms with Gasteiger partial charge in [-0.3, -0.25) is 0 Å². The highest BCUT2D eigenvalue weighted by Crippen LogP contribution is 2.31. The van der Waals surface area contributed by atoms with Gasteiger partial charge in [0.1, 0.15) is 11.6 Å². The van der Waals surface area contributed by atoms with E-state index in [1.807, 2.05) is 0 Å². The standard InChI is InChI=1S/C16H25FN2O/c1-11(2)15-9-18-16(3,4)10-19(15)14-8-12(20-5)6-7-13(14)17/h6-8,11,15,18H,9-10H2,1-5H3. The lowest BCUT2D eigenvalue weighted by Crippen LogP contribution is -2.63. The van der Waals surface area contributed by atoms with E-state index in [1.165, 1.54) is 6.07 Å². The molecule has 1 heterocycles. The molecule has 0 bridgehead atoms. The van der Waals surface area contributed by atoms with Crippen molar-refractivity contribution in [3.8, 4) is 5.75 Å². The molecule has 1 fully saturated rings. The molecule has 1 atom stereocenters. The molecule has 1 N–H and O–H groups in total. The predicted molar refractivity (Wildman–Crippen MR) is 81.0 cm³/mol. The molecule has 1 unspecified atom stereocenters. The van der Waals surface area contributed by atoms with E-state index in [-0.39, 0.29) is 17.4 Å². The van der Waals surface area contributed by atoms with Crippen LogP contribution >= 0.6 is 0 Å².